The fraction of sp³-hybridized carbons (Fsp3) is 0.900. The summed E-state index contributed by atoms with van der Waals surface area (Å²) in [6.07, 6.45) is 2.95. The van der Waals surface area contributed by atoms with E-state index in [4.69, 9.17) is 0 Å². The highest BCUT2D eigenvalue weighted by Gasteiger charge is 2.26. The molecule has 0 N–H and O–H groups in total. The summed E-state index contributed by atoms with van der Waals surface area (Å²) in [7, 11) is 0. The van der Waals surface area contributed by atoms with Crippen LogP contribution < -0.4 is 0 Å². The lowest BCUT2D eigenvalue weighted by Gasteiger charge is -2.22. The van der Waals surface area contributed by atoms with E-state index in [0.717, 1.165) is 25.8 Å². The Morgan fingerprint density at radius 1 is 1.58 bits per heavy atom. The van der Waals surface area contributed by atoms with Gasteiger partial charge in [0.25, 0.3) is 0 Å². The summed E-state index contributed by atoms with van der Waals surface area (Å²) >= 11 is 0. The summed E-state index contributed by atoms with van der Waals surface area (Å²) in [6.45, 7) is 7.50. The van der Waals surface area contributed by atoms with Crippen molar-refractivity contribution in [2.75, 3.05) is 6.54 Å². The molecule has 12 heavy (non-hydrogen) atoms. The summed E-state index contributed by atoms with van der Waals surface area (Å²) in [5, 5.41) is 0. The number of rotatable bonds is 3. The van der Waals surface area contributed by atoms with Gasteiger partial charge < -0.3 is 4.90 Å². The van der Waals surface area contributed by atoms with Crippen LogP contribution in [0.2, 0.25) is 0 Å². The van der Waals surface area contributed by atoms with E-state index in [1.807, 2.05) is 4.90 Å². The number of amides is 1. The standard InChI is InChI=1S/C10H19NO/c1-8(2)6-7-11-9(3)4-5-10(11)12/h8-9H,4-7H2,1-3H3/t9-/m1/s1. The van der Waals surface area contributed by atoms with E-state index in [0.29, 0.717) is 17.9 Å². The van der Waals surface area contributed by atoms with E-state index in [1.54, 1.807) is 0 Å². The molecule has 70 valence electrons. The molecule has 1 heterocycles. The second kappa shape index (κ2) is 3.92. The van der Waals surface area contributed by atoms with Crippen molar-refractivity contribution >= 4 is 5.91 Å². The molecule has 1 rings (SSSR count). The van der Waals surface area contributed by atoms with Gasteiger partial charge in [0.05, 0.1) is 0 Å². The molecule has 2 nitrogen and oxygen atoms in total. The maximum atomic E-state index is 11.3. The number of carbonyl (C=O) groups excluding carboxylic acids is 1. The highest BCUT2D eigenvalue weighted by atomic mass is 16.2. The molecule has 0 radical (unpaired) electrons. The third kappa shape index (κ3) is 2.23. The van der Waals surface area contributed by atoms with Gasteiger partial charge in [0.1, 0.15) is 0 Å². The minimum absolute atomic E-state index is 0.350. The van der Waals surface area contributed by atoms with Crippen molar-refractivity contribution < 1.29 is 4.79 Å². The molecule has 1 saturated heterocycles. The monoisotopic (exact) mass is 169 g/mol. The molecule has 1 amide bonds. The first-order valence-corrected chi connectivity index (χ1v) is 4.90. The predicted molar refractivity (Wildman–Crippen MR) is 49.9 cm³/mol. The maximum Gasteiger partial charge on any atom is 0.222 e. The van der Waals surface area contributed by atoms with E-state index in [2.05, 4.69) is 20.8 Å². The van der Waals surface area contributed by atoms with Crippen LogP contribution in [0.4, 0.5) is 0 Å². The predicted octanol–water partition coefficient (Wildman–Crippen LogP) is 2.04. The Bertz CT molecular complexity index is 165. The van der Waals surface area contributed by atoms with Crippen LogP contribution in [0.15, 0.2) is 0 Å². The molecule has 0 bridgehead atoms. The van der Waals surface area contributed by atoms with E-state index in [9.17, 15) is 4.79 Å². The highest BCUT2D eigenvalue weighted by molar-refractivity contribution is 5.78. The number of hydrogen-bond acceptors (Lipinski definition) is 1. The van der Waals surface area contributed by atoms with Gasteiger partial charge in [-0.3, -0.25) is 4.79 Å². The van der Waals surface area contributed by atoms with Crippen molar-refractivity contribution in [1.82, 2.24) is 4.90 Å². The quantitative estimate of drug-likeness (QED) is 0.633. The maximum absolute atomic E-state index is 11.3. The zero-order chi connectivity index (χ0) is 9.14. The topological polar surface area (TPSA) is 20.3 Å². The molecule has 1 aliphatic heterocycles. The first-order chi connectivity index (χ1) is 5.61. The van der Waals surface area contributed by atoms with Gasteiger partial charge in [-0.15, -0.1) is 0 Å². The molecular formula is C10H19NO. The van der Waals surface area contributed by atoms with Crippen molar-refractivity contribution in [2.24, 2.45) is 5.92 Å². The number of nitrogens with zero attached hydrogens (tertiary/aromatic N) is 1. The zero-order valence-electron chi connectivity index (χ0n) is 8.34. The molecule has 0 aromatic rings. The smallest absolute Gasteiger partial charge is 0.222 e. The fourth-order valence-corrected chi connectivity index (χ4v) is 1.62. The van der Waals surface area contributed by atoms with Gasteiger partial charge >= 0.3 is 0 Å². The van der Waals surface area contributed by atoms with Crippen LogP contribution >= 0.6 is 0 Å². The number of likely N-dealkylation sites (tertiary alicyclic amines) is 1. The molecule has 0 saturated carbocycles. The van der Waals surface area contributed by atoms with Crippen LogP contribution in [0, 0.1) is 5.92 Å². The molecule has 0 spiro atoms. The van der Waals surface area contributed by atoms with Crippen molar-refractivity contribution in [2.45, 2.75) is 46.1 Å². The number of hydrogen-bond donors (Lipinski definition) is 0. The first-order valence-electron chi connectivity index (χ1n) is 4.90. The second-order valence-corrected chi connectivity index (χ2v) is 4.16. The summed E-state index contributed by atoms with van der Waals surface area (Å²) in [6, 6.07) is 0.483. The summed E-state index contributed by atoms with van der Waals surface area (Å²) in [5.41, 5.74) is 0. The van der Waals surface area contributed by atoms with Gasteiger partial charge in [0, 0.05) is 19.0 Å². The lowest BCUT2D eigenvalue weighted by Crippen LogP contribution is -2.32. The molecular weight excluding hydrogens is 150 g/mol. The van der Waals surface area contributed by atoms with E-state index < -0.39 is 0 Å². The van der Waals surface area contributed by atoms with Crippen molar-refractivity contribution in [3.63, 3.8) is 0 Å². The van der Waals surface area contributed by atoms with Gasteiger partial charge in [0.2, 0.25) is 5.91 Å². The Balaban J connectivity index is 2.34. The third-order valence-corrected chi connectivity index (χ3v) is 2.58. The number of carbonyl (C=O) groups is 1. The second-order valence-electron chi connectivity index (χ2n) is 4.16. The average molecular weight is 169 g/mol. The summed E-state index contributed by atoms with van der Waals surface area (Å²) < 4.78 is 0. The molecule has 0 unspecified atom stereocenters. The van der Waals surface area contributed by atoms with Crippen LogP contribution in [-0.2, 0) is 4.79 Å². The van der Waals surface area contributed by atoms with Crippen molar-refractivity contribution in [3.05, 3.63) is 0 Å². The van der Waals surface area contributed by atoms with Gasteiger partial charge in [-0.05, 0) is 25.7 Å². The third-order valence-electron chi connectivity index (χ3n) is 2.58. The van der Waals surface area contributed by atoms with Crippen LogP contribution in [0.5, 0.6) is 0 Å². The van der Waals surface area contributed by atoms with Gasteiger partial charge in [-0.1, -0.05) is 13.8 Å². The van der Waals surface area contributed by atoms with Crippen LogP contribution in [-0.4, -0.2) is 23.4 Å². The fourth-order valence-electron chi connectivity index (χ4n) is 1.62. The SMILES string of the molecule is CC(C)CCN1C(=O)CC[C@H]1C. The largest absolute Gasteiger partial charge is 0.340 e. The normalized spacial score (nSPS) is 24.2. The minimum Gasteiger partial charge on any atom is -0.340 e. The molecule has 1 aliphatic rings. The highest BCUT2D eigenvalue weighted by Crippen LogP contribution is 2.18. The van der Waals surface area contributed by atoms with Crippen molar-refractivity contribution in [1.29, 1.82) is 0 Å². The lowest BCUT2D eigenvalue weighted by atomic mass is 10.1. The molecule has 0 aliphatic carbocycles. The van der Waals surface area contributed by atoms with Crippen LogP contribution in [0.3, 0.4) is 0 Å². The molecule has 1 fully saturated rings. The molecule has 1 atom stereocenters. The van der Waals surface area contributed by atoms with E-state index >= 15 is 0 Å². The van der Waals surface area contributed by atoms with Crippen LogP contribution in [0.1, 0.15) is 40.0 Å². The van der Waals surface area contributed by atoms with Crippen LogP contribution in [0.25, 0.3) is 0 Å². The Morgan fingerprint density at radius 3 is 2.67 bits per heavy atom. The summed E-state index contributed by atoms with van der Waals surface area (Å²) in [5.74, 6) is 1.05. The average Bonchev–Trinajstić information content (AvgIpc) is 2.28. The van der Waals surface area contributed by atoms with E-state index in [-0.39, 0.29) is 0 Å². The Labute approximate surface area is 74.9 Å². The zero-order valence-corrected chi connectivity index (χ0v) is 8.34. The molecule has 0 aromatic heterocycles. The van der Waals surface area contributed by atoms with Gasteiger partial charge in [-0.25, -0.2) is 0 Å². The Morgan fingerprint density at radius 2 is 2.25 bits per heavy atom. The van der Waals surface area contributed by atoms with Gasteiger partial charge in [-0.2, -0.15) is 0 Å². The van der Waals surface area contributed by atoms with Gasteiger partial charge in [0.15, 0.2) is 0 Å². The Kier molecular flexibility index (Phi) is 3.12. The van der Waals surface area contributed by atoms with Crippen molar-refractivity contribution in [3.8, 4) is 0 Å². The summed E-state index contributed by atoms with van der Waals surface area (Å²) in [4.78, 5) is 13.4. The van der Waals surface area contributed by atoms with E-state index in [1.165, 1.54) is 0 Å². The molecule has 0 aromatic carbocycles. The minimum atomic E-state index is 0.350. The Hall–Kier alpha value is -0.530. The lowest BCUT2D eigenvalue weighted by molar-refractivity contribution is -0.128. The first kappa shape index (κ1) is 9.56. The molecule has 2 heteroatoms.